The Morgan fingerprint density at radius 2 is 1.89 bits per heavy atom. The maximum absolute atomic E-state index is 13.6. The summed E-state index contributed by atoms with van der Waals surface area (Å²) < 4.78 is 26.1. The summed E-state index contributed by atoms with van der Waals surface area (Å²) in [6.45, 7) is 3.30. The van der Waals surface area contributed by atoms with Gasteiger partial charge in [0.15, 0.2) is 17.1 Å². The van der Waals surface area contributed by atoms with Gasteiger partial charge in [0, 0.05) is 38.3 Å². The standard InChI is InChI=1S/C23H25FN6O5/c24-20-2-1-17-22(27-20)29(21(31)13-26-17)8-7-28-5-3-16(4-6-28)30(23(32)33)14-15-11-18-19(12-25-15)35-10-9-34-18/h1-2,11-13,16H,3-10,14H2,(H,32,33). The van der Waals surface area contributed by atoms with Crippen LogP contribution in [0.2, 0.25) is 0 Å². The Balaban J connectivity index is 1.21. The summed E-state index contributed by atoms with van der Waals surface area (Å²) >= 11 is 0. The molecule has 0 aromatic carbocycles. The normalized spacial score (nSPS) is 16.4. The van der Waals surface area contributed by atoms with Gasteiger partial charge in [-0.2, -0.15) is 9.37 Å². The quantitative estimate of drug-likeness (QED) is 0.521. The summed E-state index contributed by atoms with van der Waals surface area (Å²) in [5.41, 5.74) is 0.933. The number of likely N-dealkylation sites (tertiary alicyclic amines) is 1. The fourth-order valence-electron chi connectivity index (χ4n) is 4.53. The number of aromatic nitrogens is 4. The average molecular weight is 484 g/mol. The van der Waals surface area contributed by atoms with E-state index >= 15 is 0 Å². The second-order valence-corrected chi connectivity index (χ2v) is 8.53. The summed E-state index contributed by atoms with van der Waals surface area (Å²) in [5, 5.41) is 9.84. The Bertz CT molecular complexity index is 1290. The largest absolute Gasteiger partial charge is 0.486 e. The molecular formula is C23H25FN6O5. The zero-order valence-corrected chi connectivity index (χ0v) is 19.0. The molecular weight excluding hydrogens is 459 g/mol. The number of ether oxygens (including phenoxy) is 2. The Morgan fingerprint density at radius 1 is 1.11 bits per heavy atom. The van der Waals surface area contributed by atoms with E-state index in [1.807, 2.05) is 0 Å². The van der Waals surface area contributed by atoms with Crippen LogP contribution in [0.3, 0.4) is 0 Å². The minimum atomic E-state index is -0.997. The van der Waals surface area contributed by atoms with Crippen molar-refractivity contribution < 1.29 is 23.8 Å². The Morgan fingerprint density at radius 3 is 2.66 bits per heavy atom. The van der Waals surface area contributed by atoms with Crippen LogP contribution in [0, 0.1) is 5.95 Å². The molecule has 0 spiro atoms. The van der Waals surface area contributed by atoms with Crippen LogP contribution in [0.4, 0.5) is 9.18 Å². The number of amides is 1. The Labute approximate surface area is 199 Å². The van der Waals surface area contributed by atoms with E-state index in [4.69, 9.17) is 9.47 Å². The number of piperidine rings is 1. The summed E-state index contributed by atoms with van der Waals surface area (Å²) in [6, 6.07) is 4.28. The predicted molar refractivity (Wildman–Crippen MR) is 122 cm³/mol. The van der Waals surface area contributed by atoms with E-state index in [0.717, 1.165) is 0 Å². The lowest BCUT2D eigenvalue weighted by atomic mass is 10.0. The number of carbonyl (C=O) groups is 1. The number of halogens is 1. The number of pyridine rings is 2. The van der Waals surface area contributed by atoms with Crippen molar-refractivity contribution in [1.82, 2.24) is 29.3 Å². The molecule has 0 radical (unpaired) electrons. The third-order valence-electron chi connectivity index (χ3n) is 6.36. The minimum Gasteiger partial charge on any atom is -0.486 e. The van der Waals surface area contributed by atoms with Crippen molar-refractivity contribution in [2.45, 2.75) is 32.0 Å². The summed E-state index contributed by atoms with van der Waals surface area (Å²) in [7, 11) is 0. The summed E-state index contributed by atoms with van der Waals surface area (Å²) in [6.07, 6.45) is 3.08. The smallest absolute Gasteiger partial charge is 0.407 e. The van der Waals surface area contributed by atoms with Crippen molar-refractivity contribution in [2.75, 3.05) is 32.8 Å². The highest BCUT2D eigenvalue weighted by molar-refractivity contribution is 5.69. The highest BCUT2D eigenvalue weighted by atomic mass is 19.1. The SMILES string of the molecule is O=C(O)N(Cc1cc2c(cn1)OCCO2)C1CCN(CCn2c(=O)cnc3ccc(F)nc32)CC1. The third-order valence-corrected chi connectivity index (χ3v) is 6.36. The predicted octanol–water partition coefficient (Wildman–Crippen LogP) is 1.74. The Hall–Kier alpha value is -3.80. The van der Waals surface area contributed by atoms with E-state index in [1.165, 1.54) is 27.8 Å². The van der Waals surface area contributed by atoms with Gasteiger partial charge in [-0.25, -0.2) is 9.78 Å². The van der Waals surface area contributed by atoms with E-state index in [0.29, 0.717) is 74.9 Å². The fraction of sp³-hybridized carbons (Fsp3) is 0.435. The van der Waals surface area contributed by atoms with E-state index < -0.39 is 12.0 Å². The van der Waals surface area contributed by atoms with Crippen molar-refractivity contribution in [1.29, 1.82) is 0 Å². The van der Waals surface area contributed by atoms with Crippen molar-refractivity contribution >= 4 is 17.3 Å². The number of fused-ring (bicyclic) bond motifs is 2. The van der Waals surface area contributed by atoms with E-state index in [1.54, 1.807) is 12.3 Å². The monoisotopic (exact) mass is 484 g/mol. The molecule has 1 fully saturated rings. The molecule has 1 saturated heterocycles. The number of rotatable bonds is 6. The van der Waals surface area contributed by atoms with Gasteiger partial charge in [0.1, 0.15) is 18.7 Å². The van der Waals surface area contributed by atoms with Crippen LogP contribution >= 0.6 is 0 Å². The zero-order valence-electron chi connectivity index (χ0n) is 19.0. The van der Waals surface area contributed by atoms with Crippen LogP contribution in [-0.2, 0) is 13.1 Å². The molecule has 3 aromatic heterocycles. The van der Waals surface area contributed by atoms with Crippen LogP contribution in [0.1, 0.15) is 18.5 Å². The summed E-state index contributed by atoms with van der Waals surface area (Å²) in [4.78, 5) is 40.1. The zero-order chi connectivity index (χ0) is 24.4. The highest BCUT2D eigenvalue weighted by Crippen LogP contribution is 2.30. The van der Waals surface area contributed by atoms with Gasteiger partial charge < -0.3 is 19.5 Å². The van der Waals surface area contributed by atoms with Gasteiger partial charge in [-0.3, -0.25) is 19.2 Å². The molecule has 5 heterocycles. The van der Waals surface area contributed by atoms with Crippen LogP contribution in [0.15, 0.2) is 35.4 Å². The average Bonchev–Trinajstić information content (AvgIpc) is 2.87. The lowest BCUT2D eigenvalue weighted by Gasteiger charge is -2.37. The van der Waals surface area contributed by atoms with Gasteiger partial charge in [-0.05, 0) is 25.0 Å². The van der Waals surface area contributed by atoms with Crippen molar-refractivity contribution in [3.8, 4) is 11.5 Å². The van der Waals surface area contributed by atoms with Gasteiger partial charge in [-0.1, -0.05) is 0 Å². The first-order valence-electron chi connectivity index (χ1n) is 11.5. The molecule has 1 N–H and O–H groups in total. The van der Waals surface area contributed by atoms with E-state index in [2.05, 4.69) is 19.9 Å². The number of hydrogen-bond donors (Lipinski definition) is 1. The lowest BCUT2D eigenvalue weighted by Crippen LogP contribution is -2.47. The molecule has 2 aliphatic heterocycles. The first-order valence-corrected chi connectivity index (χ1v) is 11.5. The van der Waals surface area contributed by atoms with Gasteiger partial charge >= 0.3 is 6.09 Å². The molecule has 11 nitrogen and oxygen atoms in total. The second-order valence-electron chi connectivity index (χ2n) is 8.53. The maximum Gasteiger partial charge on any atom is 0.407 e. The molecule has 0 bridgehead atoms. The molecule has 0 unspecified atom stereocenters. The van der Waals surface area contributed by atoms with Gasteiger partial charge in [0.05, 0.1) is 24.6 Å². The van der Waals surface area contributed by atoms with Crippen LogP contribution in [-0.4, -0.2) is 79.4 Å². The van der Waals surface area contributed by atoms with Crippen LogP contribution in [0.25, 0.3) is 11.2 Å². The second kappa shape index (κ2) is 9.82. The Kier molecular flexibility index (Phi) is 6.45. The van der Waals surface area contributed by atoms with Gasteiger partial charge in [-0.15, -0.1) is 0 Å². The number of carboxylic acid groups (broad SMARTS) is 1. The topological polar surface area (TPSA) is 123 Å². The van der Waals surface area contributed by atoms with Crippen molar-refractivity contribution in [3.05, 3.63) is 52.6 Å². The molecule has 5 rings (SSSR count). The van der Waals surface area contributed by atoms with Gasteiger partial charge in [0.2, 0.25) is 5.95 Å². The van der Waals surface area contributed by atoms with E-state index in [-0.39, 0.29) is 23.8 Å². The lowest BCUT2D eigenvalue weighted by molar-refractivity contribution is 0.0848. The van der Waals surface area contributed by atoms with Crippen molar-refractivity contribution in [3.63, 3.8) is 0 Å². The molecule has 1 amide bonds. The molecule has 0 saturated carbocycles. The molecule has 12 heteroatoms. The van der Waals surface area contributed by atoms with Crippen LogP contribution in [0.5, 0.6) is 11.5 Å². The number of hydrogen-bond acceptors (Lipinski definition) is 8. The fourth-order valence-corrected chi connectivity index (χ4v) is 4.53. The number of nitrogens with zero attached hydrogens (tertiary/aromatic N) is 6. The van der Waals surface area contributed by atoms with E-state index in [9.17, 15) is 19.1 Å². The molecule has 0 aliphatic carbocycles. The molecule has 0 atom stereocenters. The molecule has 3 aromatic rings. The first-order chi connectivity index (χ1) is 17.0. The molecule has 2 aliphatic rings. The van der Waals surface area contributed by atoms with Gasteiger partial charge in [0.25, 0.3) is 5.56 Å². The summed E-state index contributed by atoms with van der Waals surface area (Å²) in [5.74, 6) is 0.476. The van der Waals surface area contributed by atoms with Crippen molar-refractivity contribution in [2.24, 2.45) is 0 Å². The minimum absolute atomic E-state index is 0.154. The maximum atomic E-state index is 13.6. The van der Waals surface area contributed by atoms with Crippen LogP contribution < -0.4 is 15.0 Å². The molecule has 35 heavy (non-hydrogen) atoms. The first kappa shape index (κ1) is 23.0. The highest BCUT2D eigenvalue weighted by Gasteiger charge is 2.29. The third kappa shape index (κ3) is 5.02. The molecule has 184 valence electrons.